The standard InChI is InChI=1S/C12H14FNO4S/c13-19(17,18)8-10-5-12(16)14(7-10)6-9-1-3-11(15)4-2-9/h1-4,10,15H,5-8H2. The van der Waals surface area contributed by atoms with Crippen LogP contribution < -0.4 is 0 Å². The van der Waals surface area contributed by atoms with Gasteiger partial charge in [-0.15, -0.1) is 3.89 Å². The second-order valence-corrected chi connectivity index (χ2v) is 6.13. The first-order chi connectivity index (χ1) is 8.83. The average molecular weight is 287 g/mol. The molecule has 1 heterocycles. The minimum atomic E-state index is -4.54. The molecule has 1 atom stereocenters. The van der Waals surface area contributed by atoms with E-state index in [1.165, 1.54) is 17.0 Å². The maximum absolute atomic E-state index is 12.6. The zero-order valence-electron chi connectivity index (χ0n) is 10.1. The van der Waals surface area contributed by atoms with Gasteiger partial charge in [0.15, 0.2) is 0 Å². The van der Waals surface area contributed by atoms with Crippen molar-refractivity contribution in [2.45, 2.75) is 13.0 Å². The maximum atomic E-state index is 12.6. The summed E-state index contributed by atoms with van der Waals surface area (Å²) in [6.45, 7) is 0.574. The highest BCUT2D eigenvalue weighted by Crippen LogP contribution is 2.22. The van der Waals surface area contributed by atoms with E-state index in [0.29, 0.717) is 6.54 Å². The monoisotopic (exact) mass is 287 g/mol. The van der Waals surface area contributed by atoms with Crippen molar-refractivity contribution in [1.29, 1.82) is 0 Å². The van der Waals surface area contributed by atoms with Gasteiger partial charge in [-0.1, -0.05) is 12.1 Å². The number of hydrogen-bond acceptors (Lipinski definition) is 4. The number of hydrogen-bond donors (Lipinski definition) is 1. The molecule has 19 heavy (non-hydrogen) atoms. The van der Waals surface area contributed by atoms with Crippen molar-refractivity contribution in [3.63, 3.8) is 0 Å². The van der Waals surface area contributed by atoms with Gasteiger partial charge < -0.3 is 10.0 Å². The van der Waals surface area contributed by atoms with E-state index in [1.807, 2.05) is 0 Å². The Balaban J connectivity index is 1.98. The lowest BCUT2D eigenvalue weighted by molar-refractivity contribution is -0.128. The summed E-state index contributed by atoms with van der Waals surface area (Å²) in [5, 5.41) is 9.15. The van der Waals surface area contributed by atoms with Crippen LogP contribution in [0.3, 0.4) is 0 Å². The molecule has 0 bridgehead atoms. The molecular weight excluding hydrogens is 273 g/mol. The molecule has 1 aliphatic heterocycles. The molecule has 1 aromatic rings. The van der Waals surface area contributed by atoms with Gasteiger partial charge in [-0.2, -0.15) is 8.42 Å². The van der Waals surface area contributed by atoms with Crippen molar-refractivity contribution in [3.05, 3.63) is 29.8 Å². The predicted molar refractivity (Wildman–Crippen MR) is 66.5 cm³/mol. The number of benzene rings is 1. The summed E-state index contributed by atoms with van der Waals surface area (Å²) in [5.74, 6) is -1.13. The van der Waals surface area contributed by atoms with Gasteiger partial charge in [-0.3, -0.25) is 4.79 Å². The Bertz CT molecular complexity index is 570. The number of carbonyl (C=O) groups excluding carboxylic acids is 1. The van der Waals surface area contributed by atoms with Crippen LogP contribution in [0.2, 0.25) is 0 Å². The first-order valence-corrected chi connectivity index (χ1v) is 7.37. The molecular formula is C12H14FNO4S. The topological polar surface area (TPSA) is 74.7 Å². The molecule has 1 saturated heterocycles. The highest BCUT2D eigenvalue weighted by molar-refractivity contribution is 7.86. The Kier molecular flexibility index (Phi) is 3.75. The molecule has 104 valence electrons. The number of halogens is 1. The first kappa shape index (κ1) is 13.8. The Morgan fingerprint density at radius 2 is 1.95 bits per heavy atom. The fraction of sp³-hybridized carbons (Fsp3) is 0.417. The van der Waals surface area contributed by atoms with Crippen LogP contribution in [0.4, 0.5) is 3.89 Å². The zero-order chi connectivity index (χ0) is 14.0. The second-order valence-electron chi connectivity index (χ2n) is 4.72. The van der Waals surface area contributed by atoms with Crippen molar-refractivity contribution in [2.75, 3.05) is 12.3 Å². The number of nitrogens with zero attached hydrogens (tertiary/aromatic N) is 1. The summed E-state index contributed by atoms with van der Waals surface area (Å²) >= 11 is 0. The summed E-state index contributed by atoms with van der Waals surface area (Å²) in [7, 11) is -4.54. The molecule has 1 amide bonds. The van der Waals surface area contributed by atoms with E-state index < -0.39 is 21.9 Å². The second kappa shape index (κ2) is 5.16. The first-order valence-electron chi connectivity index (χ1n) is 5.81. The quantitative estimate of drug-likeness (QED) is 0.840. The number of phenols is 1. The normalized spacial score (nSPS) is 19.9. The minimum absolute atomic E-state index is 0.0568. The zero-order valence-corrected chi connectivity index (χ0v) is 10.9. The van der Waals surface area contributed by atoms with E-state index in [0.717, 1.165) is 5.56 Å². The van der Waals surface area contributed by atoms with Crippen LogP contribution in [0.5, 0.6) is 5.75 Å². The molecule has 5 nitrogen and oxygen atoms in total. The Morgan fingerprint density at radius 1 is 1.32 bits per heavy atom. The van der Waals surface area contributed by atoms with Crippen LogP contribution in [0.1, 0.15) is 12.0 Å². The van der Waals surface area contributed by atoms with Gasteiger partial charge in [0, 0.05) is 25.4 Å². The molecule has 1 unspecified atom stereocenters. The largest absolute Gasteiger partial charge is 0.508 e. The molecule has 1 N–H and O–H groups in total. The van der Waals surface area contributed by atoms with Crippen molar-refractivity contribution < 1.29 is 22.2 Å². The molecule has 0 aliphatic carbocycles. The predicted octanol–water partition coefficient (Wildman–Crippen LogP) is 1.04. The third-order valence-corrected chi connectivity index (χ3v) is 3.91. The minimum Gasteiger partial charge on any atom is -0.508 e. The smallest absolute Gasteiger partial charge is 0.302 e. The highest BCUT2D eigenvalue weighted by Gasteiger charge is 2.32. The van der Waals surface area contributed by atoms with Crippen molar-refractivity contribution in [3.8, 4) is 5.75 Å². The molecule has 1 fully saturated rings. The highest BCUT2D eigenvalue weighted by atomic mass is 32.3. The van der Waals surface area contributed by atoms with E-state index in [-0.39, 0.29) is 24.6 Å². The SMILES string of the molecule is O=C1CC(CS(=O)(=O)F)CN1Cc1ccc(O)cc1. The van der Waals surface area contributed by atoms with Gasteiger partial charge in [0.25, 0.3) is 0 Å². The summed E-state index contributed by atoms with van der Waals surface area (Å²) in [4.78, 5) is 13.2. The Morgan fingerprint density at radius 3 is 2.53 bits per heavy atom. The van der Waals surface area contributed by atoms with E-state index in [4.69, 9.17) is 5.11 Å². The Hall–Kier alpha value is -1.63. The van der Waals surface area contributed by atoms with Crippen LogP contribution in [-0.4, -0.2) is 36.6 Å². The van der Waals surface area contributed by atoms with Gasteiger partial charge in [-0.05, 0) is 17.7 Å². The van der Waals surface area contributed by atoms with E-state index in [2.05, 4.69) is 0 Å². The summed E-state index contributed by atoms with van der Waals surface area (Å²) in [5.41, 5.74) is 0.829. The molecule has 0 radical (unpaired) electrons. The molecule has 0 spiro atoms. The van der Waals surface area contributed by atoms with Gasteiger partial charge in [0.05, 0.1) is 5.75 Å². The van der Waals surface area contributed by atoms with E-state index in [1.54, 1.807) is 12.1 Å². The molecule has 1 aliphatic rings. The number of carbonyl (C=O) groups is 1. The fourth-order valence-corrected chi connectivity index (χ4v) is 3.01. The lowest BCUT2D eigenvalue weighted by Crippen LogP contribution is -2.25. The molecule has 0 saturated carbocycles. The summed E-state index contributed by atoms with van der Waals surface area (Å²) in [6.07, 6.45) is 0.0568. The third kappa shape index (κ3) is 3.92. The number of amides is 1. The van der Waals surface area contributed by atoms with Crippen LogP contribution in [0.25, 0.3) is 0 Å². The van der Waals surface area contributed by atoms with Gasteiger partial charge in [-0.25, -0.2) is 0 Å². The van der Waals surface area contributed by atoms with Crippen molar-refractivity contribution in [1.82, 2.24) is 4.90 Å². The van der Waals surface area contributed by atoms with Gasteiger partial charge >= 0.3 is 10.2 Å². The van der Waals surface area contributed by atoms with E-state index in [9.17, 15) is 17.1 Å². The van der Waals surface area contributed by atoms with Gasteiger partial charge in [0.1, 0.15) is 5.75 Å². The number of rotatable bonds is 4. The lowest BCUT2D eigenvalue weighted by atomic mass is 10.1. The average Bonchev–Trinajstić information content (AvgIpc) is 2.60. The third-order valence-electron chi connectivity index (χ3n) is 3.04. The molecule has 7 heteroatoms. The van der Waals surface area contributed by atoms with Crippen LogP contribution in [-0.2, 0) is 21.6 Å². The Labute approximate surface area is 110 Å². The molecule has 0 aromatic heterocycles. The number of phenolic OH excluding ortho intramolecular Hbond substituents is 1. The lowest BCUT2D eigenvalue weighted by Gasteiger charge is -2.16. The van der Waals surface area contributed by atoms with E-state index >= 15 is 0 Å². The molecule has 1 aromatic carbocycles. The van der Waals surface area contributed by atoms with Crippen LogP contribution in [0.15, 0.2) is 24.3 Å². The summed E-state index contributed by atoms with van der Waals surface area (Å²) in [6, 6.07) is 6.39. The van der Waals surface area contributed by atoms with Crippen molar-refractivity contribution in [2.24, 2.45) is 5.92 Å². The number of aromatic hydroxyl groups is 1. The van der Waals surface area contributed by atoms with Gasteiger partial charge in [0.2, 0.25) is 5.91 Å². The van der Waals surface area contributed by atoms with Crippen molar-refractivity contribution >= 4 is 16.1 Å². The number of likely N-dealkylation sites (tertiary alicyclic amines) is 1. The summed E-state index contributed by atoms with van der Waals surface area (Å²) < 4.78 is 33.7. The van der Waals surface area contributed by atoms with Crippen LogP contribution >= 0.6 is 0 Å². The molecule has 2 rings (SSSR count). The van der Waals surface area contributed by atoms with Crippen LogP contribution in [0, 0.1) is 5.92 Å². The fourth-order valence-electron chi connectivity index (χ4n) is 2.22. The maximum Gasteiger partial charge on any atom is 0.302 e.